The molecule has 1 heterocycles. The van der Waals surface area contributed by atoms with Crippen molar-refractivity contribution in [1.29, 1.82) is 0 Å². The minimum atomic E-state index is -4.90. The molecule has 0 saturated carbocycles. The second-order valence-corrected chi connectivity index (χ2v) is 11.8. The molecular formula is C28H28ClF3N2O6S. The molecule has 0 radical (unpaired) electrons. The van der Waals surface area contributed by atoms with Gasteiger partial charge in [-0.15, -0.1) is 13.2 Å². The summed E-state index contributed by atoms with van der Waals surface area (Å²) in [5.41, 5.74) is 1.60. The van der Waals surface area contributed by atoms with E-state index in [1.165, 1.54) is 48.4 Å². The lowest BCUT2D eigenvalue weighted by Gasteiger charge is -2.28. The van der Waals surface area contributed by atoms with Gasteiger partial charge < -0.3 is 24.4 Å². The molecule has 1 aliphatic rings. The Balaban J connectivity index is 1.81. The number of nitrogens with one attached hydrogen (secondary N) is 1. The van der Waals surface area contributed by atoms with Crippen LogP contribution in [0.25, 0.3) is 0 Å². The first-order valence-corrected chi connectivity index (χ1v) is 14.8. The fourth-order valence-corrected chi connectivity index (χ4v) is 5.28. The van der Waals surface area contributed by atoms with Crippen LogP contribution in [0, 0.1) is 0 Å². The van der Waals surface area contributed by atoms with Gasteiger partial charge in [0, 0.05) is 41.2 Å². The number of hydrogen-bond acceptors (Lipinski definition) is 7. The molecule has 13 heteroatoms. The molecule has 8 nitrogen and oxygen atoms in total. The monoisotopic (exact) mass is 612 g/mol. The number of anilines is 2. The number of nitrogens with zero attached hydrogens (tertiary/aromatic N) is 1. The molecule has 0 bridgehead atoms. The van der Waals surface area contributed by atoms with E-state index in [1.54, 1.807) is 18.2 Å². The number of alkyl halides is 3. The van der Waals surface area contributed by atoms with Crippen LogP contribution < -0.4 is 24.4 Å². The van der Waals surface area contributed by atoms with Crippen LogP contribution in [0.1, 0.15) is 30.5 Å². The van der Waals surface area contributed by atoms with Gasteiger partial charge in [0.05, 0.1) is 24.3 Å². The summed E-state index contributed by atoms with van der Waals surface area (Å²) < 4.78 is 78.7. The second kappa shape index (κ2) is 12.1. The molecule has 0 spiro atoms. The van der Waals surface area contributed by atoms with Crippen molar-refractivity contribution in [2.45, 2.75) is 37.1 Å². The van der Waals surface area contributed by atoms with Crippen molar-refractivity contribution in [3.05, 3.63) is 70.7 Å². The first-order valence-electron chi connectivity index (χ1n) is 12.6. The van der Waals surface area contributed by atoms with Crippen molar-refractivity contribution in [3.63, 3.8) is 0 Å². The minimum Gasteiger partial charge on any atom is -0.497 e. The van der Waals surface area contributed by atoms with Gasteiger partial charge in [0.2, 0.25) is 0 Å². The topological polar surface area (TPSA) is 94.2 Å². The van der Waals surface area contributed by atoms with Crippen molar-refractivity contribution in [2.24, 2.45) is 0 Å². The molecule has 1 unspecified atom stereocenters. The van der Waals surface area contributed by atoms with Crippen molar-refractivity contribution in [2.75, 3.05) is 36.7 Å². The van der Waals surface area contributed by atoms with E-state index in [0.29, 0.717) is 41.3 Å². The van der Waals surface area contributed by atoms with Gasteiger partial charge in [-0.3, -0.25) is 4.79 Å². The number of fused-ring (bicyclic) bond motifs is 1. The van der Waals surface area contributed by atoms with Gasteiger partial charge in [-0.05, 0) is 48.7 Å². The summed E-state index contributed by atoms with van der Waals surface area (Å²) in [7, 11) is -2.26. The highest BCUT2D eigenvalue weighted by Gasteiger charge is 2.35. The molecule has 1 amide bonds. The SMILES string of the molecule is CCCOc1cc(Cl)ccc1C(Nc1cc(OC)cc(S(C)(=O)=O)c1)C(=O)N1CCc2ccc(OC(F)(F)F)cc21. The van der Waals surface area contributed by atoms with E-state index in [9.17, 15) is 26.4 Å². The smallest absolute Gasteiger partial charge is 0.497 e. The maximum absolute atomic E-state index is 14.2. The number of amides is 1. The van der Waals surface area contributed by atoms with Crippen LogP contribution in [0.4, 0.5) is 24.5 Å². The third-order valence-corrected chi connectivity index (χ3v) is 7.63. The van der Waals surface area contributed by atoms with Gasteiger partial charge >= 0.3 is 6.36 Å². The standard InChI is InChI=1S/C28H28ClF3N2O6S/c1-4-11-39-25-12-18(29)6-8-23(25)26(33-19-13-21(38-2)15-22(14-19)41(3,36)37)27(35)34-10-9-17-5-7-20(16-24(17)34)40-28(30,31)32/h5-8,12-16,26,33H,4,9-11H2,1-3H3. The van der Waals surface area contributed by atoms with E-state index in [2.05, 4.69) is 10.1 Å². The largest absolute Gasteiger partial charge is 0.573 e. The molecule has 41 heavy (non-hydrogen) atoms. The number of hydrogen-bond donors (Lipinski definition) is 1. The van der Waals surface area contributed by atoms with Crippen molar-refractivity contribution in [1.82, 2.24) is 0 Å². The highest BCUT2D eigenvalue weighted by molar-refractivity contribution is 7.90. The molecule has 220 valence electrons. The predicted molar refractivity (Wildman–Crippen MR) is 149 cm³/mol. The van der Waals surface area contributed by atoms with Gasteiger partial charge in [0.25, 0.3) is 5.91 Å². The van der Waals surface area contributed by atoms with E-state index in [1.807, 2.05) is 6.92 Å². The van der Waals surface area contributed by atoms with Crippen LogP contribution >= 0.6 is 11.6 Å². The molecule has 1 N–H and O–H groups in total. The number of sulfone groups is 1. The molecule has 3 aromatic carbocycles. The lowest BCUT2D eigenvalue weighted by atomic mass is 10.0. The van der Waals surface area contributed by atoms with E-state index in [-0.39, 0.29) is 28.6 Å². The van der Waals surface area contributed by atoms with Crippen LogP contribution in [0.3, 0.4) is 0 Å². The van der Waals surface area contributed by atoms with Crippen LogP contribution in [0.2, 0.25) is 5.02 Å². The lowest BCUT2D eigenvalue weighted by Crippen LogP contribution is -2.37. The molecule has 3 aromatic rings. The van der Waals surface area contributed by atoms with Crippen LogP contribution in [-0.4, -0.2) is 47.2 Å². The maximum atomic E-state index is 14.2. The summed E-state index contributed by atoms with van der Waals surface area (Å²) in [6.45, 7) is 2.44. The Labute approximate surface area is 240 Å². The quantitative estimate of drug-likeness (QED) is 0.292. The van der Waals surface area contributed by atoms with Crippen molar-refractivity contribution >= 4 is 38.7 Å². The average molecular weight is 613 g/mol. The summed E-state index contributed by atoms with van der Waals surface area (Å²) in [4.78, 5) is 15.5. The number of carbonyl (C=O) groups is 1. The molecule has 1 aliphatic heterocycles. The Bertz CT molecular complexity index is 1550. The Hall–Kier alpha value is -3.64. The molecule has 1 atom stereocenters. The average Bonchev–Trinajstić information content (AvgIpc) is 3.32. The van der Waals surface area contributed by atoms with Crippen LogP contribution in [0.5, 0.6) is 17.2 Å². The number of rotatable bonds is 10. The maximum Gasteiger partial charge on any atom is 0.573 e. The van der Waals surface area contributed by atoms with Crippen molar-refractivity contribution < 1.29 is 40.6 Å². The van der Waals surface area contributed by atoms with Gasteiger partial charge in [0.1, 0.15) is 23.3 Å². The fraction of sp³-hybridized carbons (Fsp3) is 0.321. The highest BCUT2D eigenvalue weighted by Crippen LogP contribution is 2.39. The molecule has 0 saturated heterocycles. The Morgan fingerprint density at radius 1 is 1.10 bits per heavy atom. The third-order valence-electron chi connectivity index (χ3n) is 6.30. The van der Waals surface area contributed by atoms with Crippen molar-refractivity contribution in [3.8, 4) is 17.2 Å². The summed E-state index contributed by atoms with van der Waals surface area (Å²) in [5, 5.41) is 3.48. The lowest BCUT2D eigenvalue weighted by molar-refractivity contribution is -0.274. The van der Waals surface area contributed by atoms with E-state index in [4.69, 9.17) is 21.1 Å². The number of benzene rings is 3. The van der Waals surface area contributed by atoms with Gasteiger partial charge in [-0.1, -0.05) is 30.7 Å². The van der Waals surface area contributed by atoms with Crippen LogP contribution in [-0.2, 0) is 21.1 Å². The highest BCUT2D eigenvalue weighted by atomic mass is 35.5. The zero-order valence-corrected chi connectivity index (χ0v) is 24.0. The number of methoxy groups -OCH3 is 1. The van der Waals surface area contributed by atoms with E-state index in [0.717, 1.165) is 6.26 Å². The fourth-order valence-electron chi connectivity index (χ4n) is 4.45. The normalized spacial score (nSPS) is 13.9. The first kappa shape index (κ1) is 30.3. The molecule has 0 fully saturated rings. The van der Waals surface area contributed by atoms with Crippen LogP contribution in [0.15, 0.2) is 59.5 Å². The third kappa shape index (κ3) is 7.36. The minimum absolute atomic E-state index is 0.0374. The molecule has 0 aliphatic carbocycles. The van der Waals surface area contributed by atoms with Gasteiger partial charge in [-0.25, -0.2) is 8.42 Å². The number of ether oxygens (including phenoxy) is 3. The summed E-state index contributed by atoms with van der Waals surface area (Å²) in [6, 6.07) is 11.7. The molecule has 0 aromatic heterocycles. The van der Waals surface area contributed by atoms with E-state index >= 15 is 0 Å². The van der Waals surface area contributed by atoms with E-state index < -0.39 is 33.9 Å². The Morgan fingerprint density at radius 3 is 2.51 bits per heavy atom. The Morgan fingerprint density at radius 2 is 1.85 bits per heavy atom. The summed E-state index contributed by atoms with van der Waals surface area (Å²) >= 11 is 6.23. The zero-order chi connectivity index (χ0) is 29.9. The summed E-state index contributed by atoms with van der Waals surface area (Å²) in [5.74, 6) is -0.407. The molecular weight excluding hydrogens is 585 g/mol. The predicted octanol–water partition coefficient (Wildman–Crippen LogP) is 6.18. The Kier molecular flexibility index (Phi) is 8.93. The first-order chi connectivity index (χ1) is 19.3. The molecule has 4 rings (SSSR count). The summed E-state index contributed by atoms with van der Waals surface area (Å²) in [6.07, 6.45) is -2.76. The second-order valence-electron chi connectivity index (χ2n) is 9.36. The van der Waals surface area contributed by atoms with Gasteiger partial charge in [0.15, 0.2) is 9.84 Å². The zero-order valence-electron chi connectivity index (χ0n) is 22.4. The number of carbonyl (C=O) groups excluding carboxylic acids is 1. The number of halogens is 4. The van der Waals surface area contributed by atoms with Gasteiger partial charge in [-0.2, -0.15) is 0 Å².